The first-order chi connectivity index (χ1) is 10.6. The van der Waals surface area contributed by atoms with Crippen LogP contribution in [0.15, 0.2) is 48.5 Å². The maximum absolute atomic E-state index is 13.4. The van der Waals surface area contributed by atoms with Gasteiger partial charge in [-0.1, -0.05) is 30.3 Å². The van der Waals surface area contributed by atoms with Crippen LogP contribution in [0.5, 0.6) is 0 Å². The van der Waals surface area contributed by atoms with Gasteiger partial charge in [0.1, 0.15) is 11.6 Å². The van der Waals surface area contributed by atoms with Crippen LogP contribution in [0.1, 0.15) is 11.1 Å². The molecule has 1 amide bonds. The lowest BCUT2D eigenvalue weighted by Gasteiger charge is -2.07. The fraction of sp³-hybridized carbons (Fsp3) is 0.235. The molecular formula is C17H18F2N2O. The molecule has 0 saturated heterocycles. The van der Waals surface area contributed by atoms with Gasteiger partial charge in [-0.15, -0.1) is 0 Å². The van der Waals surface area contributed by atoms with Crippen LogP contribution in [0.3, 0.4) is 0 Å². The Morgan fingerprint density at radius 2 is 1.73 bits per heavy atom. The molecule has 0 atom stereocenters. The minimum absolute atomic E-state index is 0.123. The van der Waals surface area contributed by atoms with E-state index in [9.17, 15) is 13.6 Å². The Labute approximate surface area is 128 Å². The molecule has 0 spiro atoms. The quantitative estimate of drug-likeness (QED) is 0.825. The molecule has 2 aromatic rings. The van der Waals surface area contributed by atoms with Gasteiger partial charge in [-0.25, -0.2) is 8.78 Å². The lowest BCUT2D eigenvalue weighted by Crippen LogP contribution is -2.34. The first kappa shape index (κ1) is 16.1. The third-order valence-electron chi connectivity index (χ3n) is 3.21. The number of benzene rings is 2. The van der Waals surface area contributed by atoms with Crippen molar-refractivity contribution in [1.29, 1.82) is 0 Å². The van der Waals surface area contributed by atoms with Gasteiger partial charge in [-0.2, -0.15) is 0 Å². The van der Waals surface area contributed by atoms with Gasteiger partial charge in [-0.05, 0) is 30.2 Å². The molecule has 0 bridgehead atoms. The molecule has 0 aliphatic rings. The summed E-state index contributed by atoms with van der Waals surface area (Å²) < 4.78 is 26.1. The first-order valence-electron chi connectivity index (χ1n) is 7.10. The van der Waals surface area contributed by atoms with Crippen molar-refractivity contribution in [3.63, 3.8) is 0 Å². The number of hydrogen-bond donors (Lipinski definition) is 2. The van der Waals surface area contributed by atoms with Gasteiger partial charge >= 0.3 is 0 Å². The van der Waals surface area contributed by atoms with Gasteiger partial charge in [0.2, 0.25) is 5.91 Å². The Hall–Kier alpha value is -2.27. The second kappa shape index (κ2) is 8.24. The van der Waals surface area contributed by atoms with E-state index in [0.29, 0.717) is 25.1 Å². The lowest BCUT2D eigenvalue weighted by atomic mass is 10.1. The summed E-state index contributed by atoms with van der Waals surface area (Å²) >= 11 is 0. The molecule has 0 unspecified atom stereocenters. The molecule has 0 aliphatic carbocycles. The third kappa shape index (κ3) is 5.26. The molecule has 0 aliphatic heterocycles. The molecule has 2 aromatic carbocycles. The van der Waals surface area contributed by atoms with E-state index in [0.717, 1.165) is 5.56 Å². The SMILES string of the molecule is O=C(CNCc1ccccc1F)NCCc1ccc(F)cc1. The van der Waals surface area contributed by atoms with Crippen molar-refractivity contribution in [2.75, 3.05) is 13.1 Å². The largest absolute Gasteiger partial charge is 0.355 e. The highest BCUT2D eigenvalue weighted by Gasteiger charge is 2.03. The number of halogens is 2. The van der Waals surface area contributed by atoms with Crippen molar-refractivity contribution < 1.29 is 13.6 Å². The Morgan fingerprint density at radius 3 is 2.45 bits per heavy atom. The van der Waals surface area contributed by atoms with E-state index < -0.39 is 0 Å². The molecular weight excluding hydrogens is 286 g/mol. The highest BCUT2D eigenvalue weighted by Crippen LogP contribution is 2.05. The molecule has 0 radical (unpaired) electrons. The molecule has 2 rings (SSSR count). The number of hydrogen-bond acceptors (Lipinski definition) is 2. The van der Waals surface area contributed by atoms with E-state index in [2.05, 4.69) is 10.6 Å². The molecule has 0 aromatic heterocycles. The summed E-state index contributed by atoms with van der Waals surface area (Å²) in [7, 11) is 0. The summed E-state index contributed by atoms with van der Waals surface area (Å²) in [5.74, 6) is -0.713. The minimum Gasteiger partial charge on any atom is -0.355 e. The predicted octanol–water partition coefficient (Wildman–Crippen LogP) is 2.41. The smallest absolute Gasteiger partial charge is 0.233 e. The van der Waals surface area contributed by atoms with E-state index in [-0.39, 0.29) is 24.1 Å². The van der Waals surface area contributed by atoms with Gasteiger partial charge in [-0.3, -0.25) is 4.79 Å². The summed E-state index contributed by atoms with van der Waals surface area (Å²) in [6.07, 6.45) is 0.638. The van der Waals surface area contributed by atoms with Crippen LogP contribution in [0.25, 0.3) is 0 Å². The number of carbonyl (C=O) groups excluding carboxylic acids is 1. The number of carbonyl (C=O) groups is 1. The van der Waals surface area contributed by atoms with Crippen LogP contribution < -0.4 is 10.6 Å². The maximum Gasteiger partial charge on any atom is 0.233 e. The fourth-order valence-corrected chi connectivity index (χ4v) is 2.01. The standard InChI is InChI=1S/C17H18F2N2O/c18-15-7-5-13(6-8-15)9-10-21-17(22)12-20-11-14-3-1-2-4-16(14)19/h1-8,20H,9-12H2,(H,21,22). The van der Waals surface area contributed by atoms with Crippen LogP contribution in [0, 0.1) is 11.6 Å². The Morgan fingerprint density at radius 1 is 1.00 bits per heavy atom. The summed E-state index contributed by atoms with van der Waals surface area (Å²) in [5.41, 5.74) is 1.49. The molecule has 5 heteroatoms. The average Bonchev–Trinajstić information content (AvgIpc) is 2.51. The summed E-state index contributed by atoms with van der Waals surface area (Å²) in [6, 6.07) is 12.6. The molecule has 22 heavy (non-hydrogen) atoms. The van der Waals surface area contributed by atoms with Crippen LogP contribution in [-0.4, -0.2) is 19.0 Å². The normalized spacial score (nSPS) is 10.5. The fourth-order valence-electron chi connectivity index (χ4n) is 2.01. The van der Waals surface area contributed by atoms with Gasteiger partial charge in [0.05, 0.1) is 6.54 Å². The van der Waals surface area contributed by atoms with Gasteiger partial charge < -0.3 is 10.6 Å². The zero-order valence-electron chi connectivity index (χ0n) is 12.1. The third-order valence-corrected chi connectivity index (χ3v) is 3.21. The monoisotopic (exact) mass is 304 g/mol. The van der Waals surface area contributed by atoms with E-state index in [4.69, 9.17) is 0 Å². The maximum atomic E-state index is 13.4. The van der Waals surface area contributed by atoms with E-state index in [1.807, 2.05) is 0 Å². The van der Waals surface area contributed by atoms with E-state index in [1.54, 1.807) is 30.3 Å². The number of rotatable bonds is 7. The van der Waals surface area contributed by atoms with Crippen molar-refractivity contribution in [2.45, 2.75) is 13.0 Å². The van der Waals surface area contributed by atoms with Crippen LogP contribution in [-0.2, 0) is 17.8 Å². The Kier molecular flexibility index (Phi) is 6.03. The van der Waals surface area contributed by atoms with Crippen molar-refractivity contribution in [2.24, 2.45) is 0 Å². The summed E-state index contributed by atoms with van der Waals surface area (Å²) in [6.45, 7) is 0.904. The van der Waals surface area contributed by atoms with E-state index in [1.165, 1.54) is 18.2 Å². The highest BCUT2D eigenvalue weighted by atomic mass is 19.1. The molecule has 0 saturated carbocycles. The van der Waals surface area contributed by atoms with Crippen LogP contribution in [0.4, 0.5) is 8.78 Å². The first-order valence-corrected chi connectivity index (χ1v) is 7.10. The topological polar surface area (TPSA) is 41.1 Å². The molecule has 0 heterocycles. The second-order valence-corrected chi connectivity index (χ2v) is 4.92. The summed E-state index contributed by atoms with van der Waals surface area (Å²) in [5, 5.41) is 5.65. The van der Waals surface area contributed by atoms with Crippen molar-refractivity contribution in [1.82, 2.24) is 10.6 Å². The van der Waals surface area contributed by atoms with Crippen LogP contribution >= 0.6 is 0 Å². The number of nitrogens with one attached hydrogen (secondary N) is 2. The van der Waals surface area contributed by atoms with Gasteiger partial charge in [0.15, 0.2) is 0 Å². The van der Waals surface area contributed by atoms with E-state index >= 15 is 0 Å². The summed E-state index contributed by atoms with van der Waals surface area (Å²) in [4.78, 5) is 11.6. The zero-order valence-corrected chi connectivity index (χ0v) is 12.1. The van der Waals surface area contributed by atoms with Crippen molar-refractivity contribution in [3.05, 3.63) is 71.3 Å². The molecule has 116 valence electrons. The Balaban J connectivity index is 1.64. The predicted molar refractivity (Wildman–Crippen MR) is 81.2 cm³/mol. The second-order valence-electron chi connectivity index (χ2n) is 4.92. The average molecular weight is 304 g/mol. The van der Waals surface area contributed by atoms with Gasteiger partial charge in [0, 0.05) is 18.7 Å². The number of amides is 1. The molecule has 0 fully saturated rings. The Bertz CT molecular complexity index is 614. The minimum atomic E-state index is -0.285. The van der Waals surface area contributed by atoms with Crippen molar-refractivity contribution in [3.8, 4) is 0 Å². The molecule has 3 nitrogen and oxygen atoms in total. The lowest BCUT2D eigenvalue weighted by molar-refractivity contribution is -0.120. The zero-order chi connectivity index (χ0) is 15.8. The molecule has 2 N–H and O–H groups in total. The van der Waals surface area contributed by atoms with Crippen molar-refractivity contribution >= 4 is 5.91 Å². The van der Waals surface area contributed by atoms with Gasteiger partial charge in [0.25, 0.3) is 0 Å². The van der Waals surface area contributed by atoms with Crippen LogP contribution in [0.2, 0.25) is 0 Å². The highest BCUT2D eigenvalue weighted by molar-refractivity contribution is 5.77.